The van der Waals surface area contributed by atoms with Crippen LogP contribution in [0.3, 0.4) is 0 Å². The minimum Gasteiger partial charge on any atom is -0.475 e. The van der Waals surface area contributed by atoms with Crippen LogP contribution in [-0.2, 0) is 0 Å². The van der Waals surface area contributed by atoms with Gasteiger partial charge in [0.1, 0.15) is 24.4 Å². The monoisotopic (exact) mass is 290 g/mol. The van der Waals surface area contributed by atoms with Gasteiger partial charge in [-0.15, -0.1) is 0 Å². The topological polar surface area (TPSA) is 115 Å². The number of rotatable bonds is 4. The highest BCUT2D eigenvalue weighted by Crippen LogP contribution is 2.27. The Morgan fingerprint density at radius 2 is 2.10 bits per heavy atom. The maximum absolute atomic E-state index is 10.7. The summed E-state index contributed by atoms with van der Waals surface area (Å²) in [6.07, 6.45) is 7.34. The van der Waals surface area contributed by atoms with Crippen LogP contribution in [0.25, 0.3) is 0 Å². The predicted octanol–water partition coefficient (Wildman–Crippen LogP) is 2.29. The molecule has 1 aromatic heterocycles. The van der Waals surface area contributed by atoms with Crippen molar-refractivity contribution in [3.05, 3.63) is 27.9 Å². The van der Waals surface area contributed by atoms with Gasteiger partial charge < -0.3 is 10.5 Å². The third-order valence-corrected chi connectivity index (χ3v) is 3.76. The van der Waals surface area contributed by atoms with Gasteiger partial charge in [-0.2, -0.15) is 5.26 Å². The average Bonchev–Trinajstić information content (AvgIpc) is 2.70. The molecule has 2 rings (SSSR count). The SMILES string of the molecule is N#Cc1cc([N+](=O)[O-])cnc1OCC1(N)CCCCCC1. The third kappa shape index (κ3) is 3.89. The maximum atomic E-state index is 10.7. The van der Waals surface area contributed by atoms with Crippen LogP contribution < -0.4 is 10.5 Å². The molecule has 2 N–H and O–H groups in total. The van der Waals surface area contributed by atoms with Gasteiger partial charge in [0.25, 0.3) is 5.69 Å². The molecule has 1 aliphatic carbocycles. The van der Waals surface area contributed by atoms with E-state index < -0.39 is 10.5 Å². The second-order valence-electron chi connectivity index (χ2n) is 5.48. The van der Waals surface area contributed by atoms with Crippen LogP contribution in [-0.4, -0.2) is 22.1 Å². The molecule has 0 amide bonds. The van der Waals surface area contributed by atoms with Crippen LogP contribution in [0.4, 0.5) is 5.69 Å². The fourth-order valence-electron chi connectivity index (χ4n) is 2.53. The van der Waals surface area contributed by atoms with Crippen molar-refractivity contribution >= 4 is 5.69 Å². The number of nitrogens with zero attached hydrogens (tertiary/aromatic N) is 3. The molecule has 1 aromatic rings. The summed E-state index contributed by atoms with van der Waals surface area (Å²) in [6.45, 7) is 0.270. The lowest BCUT2D eigenvalue weighted by atomic mass is 9.93. The van der Waals surface area contributed by atoms with E-state index in [4.69, 9.17) is 15.7 Å². The molecule has 0 aromatic carbocycles. The zero-order valence-electron chi connectivity index (χ0n) is 11.7. The number of ether oxygens (including phenoxy) is 1. The lowest BCUT2D eigenvalue weighted by Gasteiger charge is -2.27. The quantitative estimate of drug-likeness (QED) is 0.516. The summed E-state index contributed by atoms with van der Waals surface area (Å²) < 4.78 is 5.58. The van der Waals surface area contributed by atoms with Crippen LogP contribution in [0.2, 0.25) is 0 Å². The van der Waals surface area contributed by atoms with Gasteiger partial charge in [-0.3, -0.25) is 10.1 Å². The van der Waals surface area contributed by atoms with E-state index >= 15 is 0 Å². The van der Waals surface area contributed by atoms with Crippen molar-refractivity contribution in [3.63, 3.8) is 0 Å². The van der Waals surface area contributed by atoms with Crippen LogP contribution in [0.15, 0.2) is 12.3 Å². The molecule has 0 saturated heterocycles. The Morgan fingerprint density at radius 1 is 1.43 bits per heavy atom. The number of hydrogen-bond donors (Lipinski definition) is 1. The summed E-state index contributed by atoms with van der Waals surface area (Å²) in [5, 5.41) is 19.7. The van der Waals surface area contributed by atoms with Gasteiger partial charge in [0, 0.05) is 6.07 Å². The summed E-state index contributed by atoms with van der Waals surface area (Å²) in [7, 11) is 0. The first kappa shape index (κ1) is 15.2. The molecule has 1 aliphatic rings. The van der Waals surface area contributed by atoms with E-state index in [1.54, 1.807) is 0 Å². The molecular weight excluding hydrogens is 272 g/mol. The van der Waals surface area contributed by atoms with E-state index in [0.29, 0.717) is 0 Å². The number of nitrogens with two attached hydrogens (primary N) is 1. The number of aromatic nitrogens is 1. The van der Waals surface area contributed by atoms with Crippen LogP contribution in [0.1, 0.15) is 44.1 Å². The van der Waals surface area contributed by atoms with Gasteiger partial charge in [0.2, 0.25) is 5.88 Å². The molecule has 112 valence electrons. The minimum atomic E-state index is -0.590. The largest absolute Gasteiger partial charge is 0.475 e. The molecule has 0 radical (unpaired) electrons. The number of nitro groups is 1. The van der Waals surface area contributed by atoms with Gasteiger partial charge in [-0.1, -0.05) is 25.7 Å². The Labute approximate surface area is 122 Å². The Bertz CT molecular complexity index is 560. The van der Waals surface area contributed by atoms with E-state index in [1.165, 1.54) is 18.9 Å². The molecule has 1 fully saturated rings. The van der Waals surface area contributed by atoms with E-state index in [0.717, 1.165) is 31.9 Å². The van der Waals surface area contributed by atoms with Crippen LogP contribution >= 0.6 is 0 Å². The number of hydrogen-bond acceptors (Lipinski definition) is 6. The Hall–Kier alpha value is -2.20. The van der Waals surface area contributed by atoms with E-state index in [2.05, 4.69) is 4.98 Å². The zero-order valence-corrected chi connectivity index (χ0v) is 11.7. The molecule has 7 heteroatoms. The Balaban J connectivity index is 2.09. The highest BCUT2D eigenvalue weighted by molar-refractivity contribution is 5.45. The molecule has 1 heterocycles. The van der Waals surface area contributed by atoms with Gasteiger partial charge in [0.05, 0.1) is 10.5 Å². The normalized spacial score (nSPS) is 17.5. The molecule has 0 aliphatic heterocycles. The average molecular weight is 290 g/mol. The van der Waals surface area contributed by atoms with Crippen molar-refractivity contribution in [3.8, 4) is 11.9 Å². The molecule has 0 bridgehead atoms. The van der Waals surface area contributed by atoms with E-state index in [-0.39, 0.29) is 23.7 Å². The molecule has 1 saturated carbocycles. The fraction of sp³-hybridized carbons (Fsp3) is 0.571. The second-order valence-corrected chi connectivity index (χ2v) is 5.48. The van der Waals surface area contributed by atoms with E-state index in [9.17, 15) is 10.1 Å². The molecule has 0 unspecified atom stereocenters. The second kappa shape index (κ2) is 6.50. The first-order valence-electron chi connectivity index (χ1n) is 7.00. The minimum absolute atomic E-state index is 0.0569. The summed E-state index contributed by atoms with van der Waals surface area (Å²) in [5.41, 5.74) is 5.75. The molecule has 0 spiro atoms. The Morgan fingerprint density at radius 3 is 2.67 bits per heavy atom. The molecular formula is C14H18N4O3. The first-order valence-corrected chi connectivity index (χ1v) is 7.00. The van der Waals surface area contributed by atoms with Crippen molar-refractivity contribution in [2.24, 2.45) is 5.73 Å². The van der Waals surface area contributed by atoms with Crippen molar-refractivity contribution in [2.45, 2.75) is 44.1 Å². The predicted molar refractivity (Wildman–Crippen MR) is 75.7 cm³/mol. The van der Waals surface area contributed by atoms with Gasteiger partial charge in [-0.25, -0.2) is 4.98 Å². The fourth-order valence-corrected chi connectivity index (χ4v) is 2.53. The molecule has 21 heavy (non-hydrogen) atoms. The van der Waals surface area contributed by atoms with Gasteiger partial charge in [0.15, 0.2) is 0 Å². The molecule has 7 nitrogen and oxygen atoms in total. The van der Waals surface area contributed by atoms with Gasteiger partial charge in [-0.05, 0) is 12.8 Å². The van der Waals surface area contributed by atoms with Gasteiger partial charge >= 0.3 is 0 Å². The summed E-state index contributed by atoms with van der Waals surface area (Å²) in [5.74, 6) is 0.108. The standard InChI is InChI=1S/C14H18N4O3/c15-8-11-7-12(18(19)20)9-17-13(11)21-10-14(16)5-3-1-2-4-6-14/h7,9H,1-6,10,16H2. The molecule has 0 atom stereocenters. The Kier molecular flexibility index (Phi) is 4.70. The van der Waals surface area contributed by atoms with E-state index in [1.807, 2.05) is 6.07 Å². The number of pyridine rings is 1. The summed E-state index contributed by atoms with van der Waals surface area (Å²) in [4.78, 5) is 13.9. The van der Waals surface area contributed by atoms with Crippen molar-refractivity contribution in [2.75, 3.05) is 6.61 Å². The zero-order chi connectivity index (χ0) is 15.3. The third-order valence-electron chi connectivity index (χ3n) is 3.76. The lowest BCUT2D eigenvalue weighted by molar-refractivity contribution is -0.385. The van der Waals surface area contributed by atoms with Crippen LogP contribution in [0.5, 0.6) is 5.88 Å². The maximum Gasteiger partial charge on any atom is 0.289 e. The highest BCUT2D eigenvalue weighted by atomic mass is 16.6. The lowest BCUT2D eigenvalue weighted by Crippen LogP contribution is -2.45. The van der Waals surface area contributed by atoms with Crippen molar-refractivity contribution < 1.29 is 9.66 Å². The summed E-state index contributed by atoms with van der Waals surface area (Å²) >= 11 is 0. The summed E-state index contributed by atoms with van der Waals surface area (Å²) in [6, 6.07) is 3.04. The highest BCUT2D eigenvalue weighted by Gasteiger charge is 2.28. The smallest absolute Gasteiger partial charge is 0.289 e. The van der Waals surface area contributed by atoms with Crippen LogP contribution in [0, 0.1) is 21.4 Å². The first-order chi connectivity index (χ1) is 10.0. The number of nitriles is 1. The van der Waals surface area contributed by atoms with Crippen molar-refractivity contribution in [1.29, 1.82) is 5.26 Å². The van der Waals surface area contributed by atoms with Crippen molar-refractivity contribution in [1.82, 2.24) is 4.98 Å².